The number of carboxylic acid groups (broad SMARTS) is 1. The van der Waals surface area contributed by atoms with Crippen molar-refractivity contribution >= 4 is 33.7 Å². The van der Waals surface area contributed by atoms with Crippen LogP contribution in [0.25, 0.3) is 0 Å². The summed E-state index contributed by atoms with van der Waals surface area (Å²) in [5, 5.41) is 17.0. The number of amidine groups is 1. The second-order valence-corrected chi connectivity index (χ2v) is 10.2. The van der Waals surface area contributed by atoms with Crippen LogP contribution < -0.4 is 5.32 Å². The van der Waals surface area contributed by atoms with Crippen molar-refractivity contribution in [2.75, 3.05) is 39.5 Å². The third-order valence-corrected chi connectivity index (χ3v) is 7.01. The molecule has 14 heteroatoms. The van der Waals surface area contributed by atoms with Gasteiger partial charge in [-0.3, -0.25) is 14.7 Å². The summed E-state index contributed by atoms with van der Waals surface area (Å²) in [5.41, 5.74) is 1.27. The molecule has 0 spiro atoms. The monoisotopic (exact) mass is 634 g/mol. The number of morpholine rings is 1. The highest BCUT2D eigenvalue weighted by Gasteiger charge is 2.35. The lowest BCUT2D eigenvalue weighted by atomic mass is 9.95. The maximum absolute atomic E-state index is 14.0. The summed E-state index contributed by atoms with van der Waals surface area (Å²) in [6.07, 6.45) is 0.886. The summed E-state index contributed by atoms with van der Waals surface area (Å²) in [4.78, 5) is 35.9. The summed E-state index contributed by atoms with van der Waals surface area (Å²) in [7, 11) is 0. The average Bonchev–Trinajstić information content (AvgIpc) is 3.37. The molecule has 0 amide bonds. The van der Waals surface area contributed by atoms with E-state index in [-0.39, 0.29) is 37.5 Å². The predicted molar refractivity (Wildman–Crippen MR) is 149 cm³/mol. The lowest BCUT2D eigenvalue weighted by Crippen LogP contribution is -2.47. The van der Waals surface area contributed by atoms with E-state index in [1.807, 2.05) is 11.8 Å². The van der Waals surface area contributed by atoms with E-state index in [1.54, 1.807) is 17.7 Å². The summed E-state index contributed by atoms with van der Waals surface area (Å²) < 4.78 is 32.5. The van der Waals surface area contributed by atoms with Crippen LogP contribution >= 0.6 is 15.9 Å². The van der Waals surface area contributed by atoms with Gasteiger partial charge in [-0.1, -0.05) is 28.6 Å². The molecule has 1 saturated heterocycles. The molecule has 2 aromatic rings. The number of carbonyl (C=O) groups excluding carboxylic acids is 1. The number of nitrogens with zero attached hydrogens (tertiary/aromatic N) is 5. The van der Waals surface area contributed by atoms with Crippen molar-refractivity contribution in [3.05, 3.63) is 69.8 Å². The van der Waals surface area contributed by atoms with E-state index in [2.05, 4.69) is 37.9 Å². The Labute approximate surface area is 245 Å². The van der Waals surface area contributed by atoms with E-state index in [0.29, 0.717) is 53.6 Å². The number of aliphatic imine (C=N–C) groups is 1. The molecule has 0 saturated carbocycles. The number of esters is 1. The van der Waals surface area contributed by atoms with E-state index in [9.17, 15) is 19.1 Å². The zero-order chi connectivity index (χ0) is 29.5. The first kappa shape index (κ1) is 30.3. The molecule has 41 heavy (non-hydrogen) atoms. The van der Waals surface area contributed by atoms with Crippen LogP contribution in [0, 0.1) is 5.82 Å². The molecule has 2 aliphatic heterocycles. The number of benzene rings is 1. The molecule has 0 radical (unpaired) electrons. The number of rotatable bonds is 12. The summed E-state index contributed by atoms with van der Waals surface area (Å²) in [6.45, 7) is 9.78. The first-order valence-corrected chi connectivity index (χ1v) is 13.9. The molecule has 1 aromatic carbocycles. The van der Waals surface area contributed by atoms with Crippen molar-refractivity contribution in [3.8, 4) is 0 Å². The van der Waals surface area contributed by atoms with E-state index in [4.69, 9.17) is 19.2 Å². The molecule has 1 aromatic heterocycles. The smallest absolute Gasteiger partial charge is 0.338 e. The lowest BCUT2D eigenvalue weighted by molar-refractivity contribution is -0.142. The van der Waals surface area contributed by atoms with Gasteiger partial charge < -0.3 is 24.6 Å². The number of aromatic nitrogens is 3. The number of carboxylic acids is 1. The highest BCUT2D eigenvalue weighted by molar-refractivity contribution is 9.10. The van der Waals surface area contributed by atoms with E-state index < -0.39 is 29.9 Å². The molecule has 2 N–H and O–H groups in total. The summed E-state index contributed by atoms with van der Waals surface area (Å²) in [5.74, 6) is -0.907. The van der Waals surface area contributed by atoms with Crippen LogP contribution in [0.1, 0.15) is 37.7 Å². The Balaban J connectivity index is 1.74. The number of nitrogens with one attached hydrogen (secondary N) is 1. The molecule has 1 fully saturated rings. The first-order chi connectivity index (χ1) is 19.7. The van der Waals surface area contributed by atoms with Crippen LogP contribution in [0.3, 0.4) is 0 Å². The van der Waals surface area contributed by atoms with Crippen molar-refractivity contribution in [1.29, 1.82) is 0 Å². The quantitative estimate of drug-likeness (QED) is 0.264. The summed E-state index contributed by atoms with van der Waals surface area (Å²) >= 11 is 3.42. The van der Waals surface area contributed by atoms with Gasteiger partial charge in [0.15, 0.2) is 5.84 Å². The maximum atomic E-state index is 14.0. The Hall–Kier alpha value is -3.62. The zero-order valence-electron chi connectivity index (χ0n) is 22.8. The van der Waals surface area contributed by atoms with Crippen LogP contribution in [0.15, 0.2) is 57.6 Å². The van der Waals surface area contributed by atoms with Gasteiger partial charge in [0.05, 0.1) is 44.5 Å². The van der Waals surface area contributed by atoms with Gasteiger partial charge in [0.1, 0.15) is 23.9 Å². The van der Waals surface area contributed by atoms with Crippen molar-refractivity contribution in [1.82, 2.24) is 25.0 Å². The average molecular weight is 635 g/mol. The van der Waals surface area contributed by atoms with E-state index >= 15 is 0 Å². The Kier molecular flexibility index (Phi) is 10.2. The fourth-order valence-electron chi connectivity index (χ4n) is 4.61. The number of hydrogen-bond acceptors (Lipinski definition) is 10. The minimum absolute atomic E-state index is 0.136. The predicted octanol–water partition coefficient (Wildman–Crippen LogP) is 2.81. The number of hydrogen-bond donors (Lipinski definition) is 2. The highest BCUT2D eigenvalue weighted by Crippen LogP contribution is 2.36. The fourth-order valence-corrected chi connectivity index (χ4v) is 5.17. The van der Waals surface area contributed by atoms with Gasteiger partial charge in [0.2, 0.25) is 5.82 Å². The third-order valence-electron chi connectivity index (χ3n) is 6.32. The van der Waals surface area contributed by atoms with Crippen LogP contribution in [0.4, 0.5) is 4.39 Å². The largest absolute Gasteiger partial charge is 0.497 e. The van der Waals surface area contributed by atoms with Crippen molar-refractivity contribution in [2.45, 2.75) is 39.0 Å². The molecular formula is C27H32BrFN6O6. The van der Waals surface area contributed by atoms with Gasteiger partial charge in [0.25, 0.3) is 0 Å². The van der Waals surface area contributed by atoms with Gasteiger partial charge in [0, 0.05) is 29.8 Å². The second-order valence-electron chi connectivity index (χ2n) is 9.35. The van der Waals surface area contributed by atoms with Gasteiger partial charge >= 0.3 is 11.9 Å². The first-order valence-electron chi connectivity index (χ1n) is 13.1. The molecule has 4 rings (SSSR count). The van der Waals surface area contributed by atoms with Crippen molar-refractivity contribution in [3.63, 3.8) is 0 Å². The topological polar surface area (TPSA) is 140 Å². The van der Waals surface area contributed by atoms with Crippen LogP contribution in [0.2, 0.25) is 0 Å². The van der Waals surface area contributed by atoms with E-state index in [0.717, 1.165) is 0 Å². The molecule has 220 valence electrons. The van der Waals surface area contributed by atoms with Crippen molar-refractivity contribution < 1.29 is 33.3 Å². The normalized spacial score (nSPS) is 19.4. The fraction of sp³-hybridized carbons (Fsp3) is 0.444. The number of carbonyl (C=O) groups is 2. The molecule has 2 atom stereocenters. The number of halogens is 2. The zero-order valence-corrected chi connectivity index (χ0v) is 24.4. The minimum Gasteiger partial charge on any atom is -0.497 e. The molecular weight excluding hydrogens is 603 g/mol. The Morgan fingerprint density at radius 3 is 2.78 bits per heavy atom. The van der Waals surface area contributed by atoms with E-state index in [1.165, 1.54) is 18.5 Å². The second kappa shape index (κ2) is 13.8. The van der Waals surface area contributed by atoms with Crippen LogP contribution in [-0.4, -0.2) is 88.1 Å². The van der Waals surface area contributed by atoms with Gasteiger partial charge in [-0.05, 0) is 31.5 Å². The Morgan fingerprint density at radius 2 is 2.07 bits per heavy atom. The highest BCUT2D eigenvalue weighted by atomic mass is 79.9. The summed E-state index contributed by atoms with van der Waals surface area (Å²) in [6, 6.07) is 3.28. The van der Waals surface area contributed by atoms with Gasteiger partial charge in [-0.25, -0.2) is 18.9 Å². The third kappa shape index (κ3) is 7.77. The van der Waals surface area contributed by atoms with Gasteiger partial charge in [-0.15, -0.1) is 5.10 Å². The van der Waals surface area contributed by atoms with Crippen LogP contribution in [0.5, 0.6) is 0 Å². The number of allylic oxidation sites excluding steroid dienone is 1. The van der Waals surface area contributed by atoms with Crippen LogP contribution in [-0.2, 0) is 30.3 Å². The molecule has 2 aliphatic rings. The molecule has 2 unspecified atom stereocenters. The minimum atomic E-state index is -0.955. The Bertz CT molecular complexity index is 1360. The number of aliphatic carboxylic acids is 1. The van der Waals surface area contributed by atoms with Crippen molar-refractivity contribution in [2.24, 2.45) is 4.99 Å². The standard InChI is InChI=1S/C27H32BrFN6O6/c1-4-39-16(3)12-35-15-30-25(33-35)26-31-21(14-34-8-9-41-18(13-34)11-22(36)37)23(27(38)40-5-2)24(32-26)19-7-6-17(29)10-20(19)28/h6-7,10,15,18,24H,3-5,8-9,11-14H2,1-2H3,(H,31,32)(H,36,37). The molecule has 0 bridgehead atoms. The SMILES string of the molecule is C=C(Cn1cnc(C2=NC(c3ccc(F)cc3Br)C(C(=O)OCC)=C(CN3CCOC(CC(=O)O)C3)N2)n1)OCC. The lowest BCUT2D eigenvalue weighted by Gasteiger charge is -2.35. The number of ether oxygens (including phenoxy) is 3. The molecule has 3 heterocycles. The molecule has 12 nitrogen and oxygen atoms in total. The molecule has 0 aliphatic carbocycles. The Morgan fingerprint density at radius 1 is 1.29 bits per heavy atom. The maximum Gasteiger partial charge on any atom is 0.338 e. The van der Waals surface area contributed by atoms with Gasteiger partial charge in [-0.2, -0.15) is 0 Å².